The van der Waals surface area contributed by atoms with Gasteiger partial charge in [-0.25, -0.2) is 8.42 Å². The van der Waals surface area contributed by atoms with Crippen LogP contribution in [0.5, 0.6) is 0 Å². The number of rotatable bonds is 4. The fourth-order valence-corrected chi connectivity index (χ4v) is 3.72. The van der Waals surface area contributed by atoms with Gasteiger partial charge in [0.15, 0.2) is 0 Å². The third kappa shape index (κ3) is 3.19. The minimum atomic E-state index is -3.65. The topological polar surface area (TPSA) is 72.2 Å². The number of nitrogens with one attached hydrogen (secondary N) is 1. The van der Waals surface area contributed by atoms with Gasteiger partial charge in [-0.1, -0.05) is 25.1 Å². The summed E-state index contributed by atoms with van der Waals surface area (Å²) in [7, 11) is -3.65. The first kappa shape index (κ1) is 15.4. The lowest BCUT2D eigenvalue weighted by atomic mass is 10.1. The lowest BCUT2D eigenvalue weighted by Gasteiger charge is -2.15. The van der Waals surface area contributed by atoms with Crippen LogP contribution in [0.4, 0.5) is 11.4 Å². The van der Waals surface area contributed by atoms with Crippen molar-refractivity contribution in [2.45, 2.75) is 32.1 Å². The van der Waals surface area contributed by atoms with E-state index in [1.807, 2.05) is 32.0 Å². The summed E-state index contributed by atoms with van der Waals surface area (Å²) in [5.41, 5.74) is 9.32. The Morgan fingerprint density at radius 1 is 1.14 bits per heavy atom. The highest BCUT2D eigenvalue weighted by Crippen LogP contribution is 2.26. The first-order chi connectivity index (χ1) is 9.85. The summed E-state index contributed by atoms with van der Waals surface area (Å²) in [4.78, 5) is 0.228. The third-order valence-corrected chi connectivity index (χ3v) is 4.97. The average molecular weight is 304 g/mol. The SMILES string of the molecule is CCc1ccccc1NS(=O)(=O)c1cc(C)cc(N)c1C. The Balaban J connectivity index is 2.49. The first-order valence-corrected chi connectivity index (χ1v) is 8.31. The summed E-state index contributed by atoms with van der Waals surface area (Å²) in [6.45, 7) is 5.53. The van der Waals surface area contributed by atoms with E-state index in [0.717, 1.165) is 17.5 Å². The van der Waals surface area contributed by atoms with Gasteiger partial charge in [-0.3, -0.25) is 4.72 Å². The highest BCUT2D eigenvalue weighted by atomic mass is 32.2. The van der Waals surface area contributed by atoms with Crippen LogP contribution in [0, 0.1) is 13.8 Å². The van der Waals surface area contributed by atoms with Gasteiger partial charge in [-0.05, 0) is 55.2 Å². The molecule has 0 saturated carbocycles. The molecule has 4 nitrogen and oxygen atoms in total. The Bertz CT molecular complexity index is 768. The highest BCUT2D eigenvalue weighted by molar-refractivity contribution is 7.92. The van der Waals surface area contributed by atoms with E-state index in [4.69, 9.17) is 5.73 Å². The van der Waals surface area contributed by atoms with Gasteiger partial charge in [0.05, 0.1) is 10.6 Å². The number of nitrogen functional groups attached to an aromatic ring is 1. The second-order valence-corrected chi connectivity index (χ2v) is 6.74. The van der Waals surface area contributed by atoms with E-state index in [0.29, 0.717) is 16.9 Å². The molecule has 0 heterocycles. The van der Waals surface area contributed by atoms with Gasteiger partial charge in [0.2, 0.25) is 0 Å². The Morgan fingerprint density at radius 2 is 1.81 bits per heavy atom. The van der Waals surface area contributed by atoms with Crippen LogP contribution in [0.1, 0.15) is 23.6 Å². The summed E-state index contributed by atoms with van der Waals surface area (Å²) in [5, 5.41) is 0. The maximum Gasteiger partial charge on any atom is 0.262 e. The minimum absolute atomic E-state index is 0.228. The number of sulfonamides is 1. The van der Waals surface area contributed by atoms with Crippen molar-refractivity contribution in [2.24, 2.45) is 0 Å². The molecule has 21 heavy (non-hydrogen) atoms. The molecule has 0 unspecified atom stereocenters. The molecule has 2 aromatic rings. The van der Waals surface area contributed by atoms with E-state index in [-0.39, 0.29) is 4.90 Å². The molecule has 0 aliphatic heterocycles. The molecule has 0 radical (unpaired) electrons. The van der Waals surface area contributed by atoms with Crippen molar-refractivity contribution in [2.75, 3.05) is 10.5 Å². The van der Waals surface area contributed by atoms with Crippen LogP contribution in [0.3, 0.4) is 0 Å². The monoisotopic (exact) mass is 304 g/mol. The molecule has 0 fully saturated rings. The Labute approximate surface area is 126 Å². The number of aryl methyl sites for hydroxylation is 2. The van der Waals surface area contributed by atoms with E-state index >= 15 is 0 Å². The van der Waals surface area contributed by atoms with Crippen molar-refractivity contribution in [3.63, 3.8) is 0 Å². The Morgan fingerprint density at radius 3 is 2.48 bits per heavy atom. The second-order valence-electron chi connectivity index (χ2n) is 5.09. The molecular weight excluding hydrogens is 284 g/mol. The number of benzene rings is 2. The van der Waals surface area contributed by atoms with Gasteiger partial charge in [-0.2, -0.15) is 0 Å². The van der Waals surface area contributed by atoms with E-state index in [2.05, 4.69) is 4.72 Å². The molecule has 0 aliphatic rings. The molecule has 0 amide bonds. The van der Waals surface area contributed by atoms with Crippen molar-refractivity contribution < 1.29 is 8.42 Å². The molecule has 0 spiro atoms. The van der Waals surface area contributed by atoms with Gasteiger partial charge in [0.25, 0.3) is 10.0 Å². The summed E-state index contributed by atoms with van der Waals surface area (Å²) in [6.07, 6.45) is 0.758. The summed E-state index contributed by atoms with van der Waals surface area (Å²) in [6, 6.07) is 10.8. The zero-order valence-corrected chi connectivity index (χ0v) is 13.3. The molecule has 3 N–H and O–H groups in total. The van der Waals surface area contributed by atoms with Crippen molar-refractivity contribution in [3.8, 4) is 0 Å². The lowest BCUT2D eigenvalue weighted by Crippen LogP contribution is -2.16. The molecule has 0 bridgehead atoms. The van der Waals surface area contributed by atoms with Gasteiger partial charge in [-0.15, -0.1) is 0 Å². The van der Waals surface area contributed by atoms with E-state index in [1.165, 1.54) is 0 Å². The zero-order valence-electron chi connectivity index (χ0n) is 12.5. The van der Waals surface area contributed by atoms with Crippen LogP contribution in [-0.4, -0.2) is 8.42 Å². The average Bonchev–Trinajstić information content (AvgIpc) is 2.43. The number of hydrogen-bond donors (Lipinski definition) is 2. The number of nitrogens with two attached hydrogens (primary N) is 1. The van der Waals surface area contributed by atoms with Gasteiger partial charge in [0.1, 0.15) is 0 Å². The normalized spacial score (nSPS) is 11.4. The maximum atomic E-state index is 12.6. The Kier molecular flexibility index (Phi) is 4.23. The zero-order chi connectivity index (χ0) is 15.6. The van der Waals surface area contributed by atoms with Crippen molar-refractivity contribution >= 4 is 21.4 Å². The Hall–Kier alpha value is -2.01. The van der Waals surface area contributed by atoms with Crippen LogP contribution in [0.25, 0.3) is 0 Å². The quantitative estimate of drug-likeness (QED) is 0.852. The molecule has 0 aromatic heterocycles. The summed E-state index contributed by atoms with van der Waals surface area (Å²) in [5.74, 6) is 0. The van der Waals surface area contributed by atoms with Gasteiger partial charge < -0.3 is 5.73 Å². The van der Waals surface area contributed by atoms with E-state index < -0.39 is 10.0 Å². The van der Waals surface area contributed by atoms with Gasteiger partial charge in [0, 0.05) is 5.69 Å². The first-order valence-electron chi connectivity index (χ1n) is 6.82. The summed E-state index contributed by atoms with van der Waals surface area (Å²) < 4.78 is 27.9. The maximum absolute atomic E-state index is 12.6. The molecule has 2 rings (SSSR count). The number of anilines is 2. The molecule has 0 atom stereocenters. The third-order valence-electron chi connectivity index (χ3n) is 3.48. The van der Waals surface area contributed by atoms with Crippen molar-refractivity contribution in [1.29, 1.82) is 0 Å². The lowest BCUT2D eigenvalue weighted by molar-refractivity contribution is 0.600. The fourth-order valence-electron chi connectivity index (χ4n) is 2.26. The molecule has 5 heteroatoms. The second kappa shape index (κ2) is 5.77. The largest absolute Gasteiger partial charge is 0.398 e. The van der Waals surface area contributed by atoms with Crippen LogP contribution >= 0.6 is 0 Å². The molecule has 0 aliphatic carbocycles. The number of para-hydroxylation sites is 1. The standard InChI is InChI=1S/C16H20N2O2S/c1-4-13-7-5-6-8-15(13)18-21(19,20)16-10-11(2)9-14(17)12(16)3/h5-10,18H,4,17H2,1-3H3. The molecule has 2 aromatic carbocycles. The van der Waals surface area contributed by atoms with Crippen molar-refractivity contribution in [3.05, 3.63) is 53.1 Å². The smallest absolute Gasteiger partial charge is 0.262 e. The molecule has 112 valence electrons. The summed E-state index contributed by atoms with van der Waals surface area (Å²) >= 11 is 0. The van der Waals surface area contributed by atoms with Gasteiger partial charge >= 0.3 is 0 Å². The molecular formula is C16H20N2O2S. The van der Waals surface area contributed by atoms with Crippen LogP contribution < -0.4 is 10.5 Å². The number of hydrogen-bond acceptors (Lipinski definition) is 3. The fraction of sp³-hybridized carbons (Fsp3) is 0.250. The van der Waals surface area contributed by atoms with E-state index in [1.54, 1.807) is 25.1 Å². The molecule has 0 saturated heterocycles. The minimum Gasteiger partial charge on any atom is -0.398 e. The predicted molar refractivity (Wildman–Crippen MR) is 87.0 cm³/mol. The van der Waals surface area contributed by atoms with E-state index in [9.17, 15) is 8.42 Å². The van der Waals surface area contributed by atoms with Crippen LogP contribution in [-0.2, 0) is 16.4 Å². The van der Waals surface area contributed by atoms with Crippen LogP contribution in [0.2, 0.25) is 0 Å². The van der Waals surface area contributed by atoms with Crippen molar-refractivity contribution in [1.82, 2.24) is 0 Å². The van der Waals surface area contributed by atoms with Crippen LogP contribution in [0.15, 0.2) is 41.3 Å². The predicted octanol–water partition coefficient (Wildman–Crippen LogP) is 3.25. The highest BCUT2D eigenvalue weighted by Gasteiger charge is 2.19.